The van der Waals surface area contributed by atoms with E-state index in [1.54, 1.807) is 22.3 Å². The summed E-state index contributed by atoms with van der Waals surface area (Å²) >= 11 is 2.90. The van der Waals surface area contributed by atoms with Gasteiger partial charge in [0.25, 0.3) is 0 Å². The minimum atomic E-state index is 0.631. The van der Waals surface area contributed by atoms with E-state index in [1.807, 2.05) is 3.49 Å². The molecule has 0 atom stereocenters. The van der Waals surface area contributed by atoms with Gasteiger partial charge >= 0.3 is 146 Å². The van der Waals surface area contributed by atoms with Crippen LogP contribution in [0.2, 0.25) is 0 Å². The molecule has 20 heavy (non-hydrogen) atoms. The molecule has 1 heterocycles. The molecule has 0 bridgehead atoms. The third-order valence-corrected chi connectivity index (χ3v) is 61.3. The van der Waals surface area contributed by atoms with Gasteiger partial charge in [0.2, 0.25) is 0 Å². The standard InChI is InChI=1S/C16H23As4/c1-9(2)12-7-13(10(3)4)15(14(8-12)11(5)6)16-17-19-20-18-16/h7-11H,1-6H3/q-1. The van der Waals surface area contributed by atoms with Crippen LogP contribution in [0.25, 0.3) is 0 Å². The van der Waals surface area contributed by atoms with Crippen molar-refractivity contribution >= 4 is 48.4 Å². The van der Waals surface area contributed by atoms with Crippen molar-refractivity contribution in [1.29, 1.82) is 0 Å². The zero-order chi connectivity index (χ0) is 14.9. The molecule has 0 radical (unpaired) electrons. The van der Waals surface area contributed by atoms with Gasteiger partial charge in [0.1, 0.15) is 0 Å². The molecule has 0 aromatic heterocycles. The summed E-state index contributed by atoms with van der Waals surface area (Å²) in [4.78, 5) is 0. The average molecular weight is 515 g/mol. The summed E-state index contributed by atoms with van der Waals surface area (Å²) in [5.74, 6) is 1.99. The van der Waals surface area contributed by atoms with E-state index in [0.29, 0.717) is 44.0 Å². The fraction of sp³-hybridized carbons (Fsp3) is 0.562. The molecule has 4 heteroatoms. The van der Waals surface area contributed by atoms with Crippen LogP contribution in [-0.4, -0.2) is 48.4 Å². The normalized spacial score (nSPS) is 17.6. The van der Waals surface area contributed by atoms with Crippen LogP contribution in [-0.2, 0) is 0 Å². The fourth-order valence-electron chi connectivity index (χ4n) is 2.46. The van der Waals surface area contributed by atoms with Crippen LogP contribution in [0.5, 0.6) is 0 Å². The van der Waals surface area contributed by atoms with Crippen molar-refractivity contribution < 1.29 is 0 Å². The molecule has 0 saturated heterocycles. The van der Waals surface area contributed by atoms with Gasteiger partial charge in [-0.25, -0.2) is 0 Å². The average Bonchev–Trinajstić information content (AvgIpc) is 2.90. The number of benzene rings is 1. The van der Waals surface area contributed by atoms with E-state index in [9.17, 15) is 0 Å². The molecule has 0 N–H and O–H groups in total. The van der Waals surface area contributed by atoms with Crippen molar-refractivity contribution in [3.63, 3.8) is 0 Å². The van der Waals surface area contributed by atoms with Crippen LogP contribution in [0.4, 0.5) is 0 Å². The molecule has 1 aromatic carbocycles. The predicted molar refractivity (Wildman–Crippen MR) is 94.1 cm³/mol. The SMILES string of the molecule is CC(C)c1cc(C(C)C)c([C-]2[As]=[As][As]=[As]2)c(C(C)C)c1. The van der Waals surface area contributed by atoms with Crippen LogP contribution < -0.4 is 0 Å². The molecular weight excluding hydrogens is 492 g/mol. The first-order chi connectivity index (χ1) is 9.41. The van der Waals surface area contributed by atoms with Gasteiger partial charge in [-0.2, -0.15) is 0 Å². The molecule has 0 saturated carbocycles. The molecule has 2 rings (SSSR count). The summed E-state index contributed by atoms with van der Waals surface area (Å²) in [5, 5.41) is 0. The first kappa shape index (κ1) is 17.7. The van der Waals surface area contributed by atoms with E-state index in [1.165, 1.54) is 0 Å². The van der Waals surface area contributed by atoms with Crippen molar-refractivity contribution in [3.8, 4) is 0 Å². The molecule has 0 amide bonds. The molecule has 1 aliphatic heterocycles. The van der Waals surface area contributed by atoms with Gasteiger partial charge in [-0.15, -0.1) is 0 Å². The van der Waals surface area contributed by atoms with Gasteiger partial charge in [0.05, 0.1) is 0 Å². The maximum absolute atomic E-state index is 2.54. The first-order valence-electron chi connectivity index (χ1n) is 7.28. The Hall–Kier alpha value is 1.32. The Bertz CT molecular complexity index is 500. The van der Waals surface area contributed by atoms with Gasteiger partial charge in [-0.1, -0.05) is 0 Å². The van der Waals surface area contributed by atoms with E-state index < -0.39 is 0 Å². The Balaban J connectivity index is 2.67. The zero-order valence-electron chi connectivity index (χ0n) is 13.2. The van der Waals surface area contributed by atoms with Gasteiger partial charge in [-0.05, 0) is 0 Å². The molecule has 108 valence electrons. The number of hydrogen-bond donors (Lipinski definition) is 0. The van der Waals surface area contributed by atoms with Gasteiger partial charge < -0.3 is 0 Å². The fourth-order valence-corrected chi connectivity index (χ4v) is 85.2. The van der Waals surface area contributed by atoms with E-state index in [-0.39, 0.29) is 0 Å². The van der Waals surface area contributed by atoms with Gasteiger partial charge in [0.15, 0.2) is 0 Å². The Morgan fingerprint density at radius 1 is 0.750 bits per heavy atom. The summed E-state index contributed by atoms with van der Waals surface area (Å²) in [6.45, 7) is 14.2. The third kappa shape index (κ3) is 3.99. The molecule has 0 fully saturated rings. The molecule has 0 nitrogen and oxygen atoms in total. The zero-order valence-corrected chi connectivity index (χ0v) is 20.7. The van der Waals surface area contributed by atoms with Crippen LogP contribution in [0.1, 0.15) is 81.5 Å². The molecule has 0 unspecified atom stereocenters. The van der Waals surface area contributed by atoms with E-state index >= 15 is 0 Å². The minimum absolute atomic E-state index is 0.631. The van der Waals surface area contributed by atoms with E-state index in [4.69, 9.17) is 0 Å². The second-order valence-electron chi connectivity index (χ2n) is 6.24. The molecule has 1 aliphatic rings. The summed E-state index contributed by atoms with van der Waals surface area (Å²) in [6, 6.07) is 5.08. The Morgan fingerprint density at radius 2 is 1.20 bits per heavy atom. The quantitative estimate of drug-likeness (QED) is 0.426. The van der Waals surface area contributed by atoms with Gasteiger partial charge in [-0.3, -0.25) is 0 Å². The molecule has 0 spiro atoms. The number of rotatable bonds is 4. The summed E-state index contributed by atoms with van der Waals surface area (Å²) in [7, 11) is 0. The third-order valence-electron chi connectivity index (χ3n) is 3.67. The van der Waals surface area contributed by atoms with Crippen molar-refractivity contribution in [3.05, 3.63) is 37.9 Å². The van der Waals surface area contributed by atoms with E-state index in [0.717, 1.165) is 22.1 Å². The van der Waals surface area contributed by atoms with Gasteiger partial charge in [0, 0.05) is 0 Å². The Labute approximate surface area is 144 Å². The van der Waals surface area contributed by atoms with Crippen molar-refractivity contribution in [1.82, 2.24) is 0 Å². The molecule has 1 aromatic rings. The second kappa shape index (κ2) is 7.73. The Kier molecular flexibility index (Phi) is 6.84. The van der Waals surface area contributed by atoms with E-state index in [2.05, 4.69) is 53.7 Å². The predicted octanol–water partition coefficient (Wildman–Crippen LogP) is 3.47. The molecule has 0 aliphatic carbocycles. The van der Waals surface area contributed by atoms with Crippen LogP contribution in [0.15, 0.2) is 12.1 Å². The maximum atomic E-state index is 2.54. The van der Waals surface area contributed by atoms with Crippen molar-refractivity contribution in [2.24, 2.45) is 0 Å². The molecular formula is C16H23As4-. The Morgan fingerprint density at radius 3 is 1.55 bits per heavy atom. The first-order valence-corrected chi connectivity index (χ1v) is 24.8. The van der Waals surface area contributed by atoms with Crippen molar-refractivity contribution in [2.45, 2.75) is 59.3 Å². The topological polar surface area (TPSA) is 0 Å². The summed E-state index contributed by atoms with van der Waals surface area (Å²) in [6.07, 6.45) is 0. The van der Waals surface area contributed by atoms with Crippen LogP contribution >= 0.6 is 0 Å². The van der Waals surface area contributed by atoms with Crippen LogP contribution in [0, 0.1) is 3.49 Å². The summed E-state index contributed by atoms with van der Waals surface area (Å²) in [5.41, 5.74) is 6.66. The number of hydrogen-bond acceptors (Lipinski definition) is 0. The monoisotopic (exact) mass is 515 g/mol. The van der Waals surface area contributed by atoms with Crippen molar-refractivity contribution in [2.75, 3.05) is 0 Å². The summed E-state index contributed by atoms with van der Waals surface area (Å²) < 4.78 is 2.00. The van der Waals surface area contributed by atoms with Crippen LogP contribution in [0.3, 0.4) is 0 Å². The second-order valence-corrected chi connectivity index (χ2v) is 39.9.